The van der Waals surface area contributed by atoms with Crippen molar-refractivity contribution in [3.05, 3.63) is 12.4 Å². The van der Waals surface area contributed by atoms with Crippen molar-refractivity contribution in [2.75, 3.05) is 77.6 Å². The number of nitrogens with one attached hydrogen (secondary N) is 1. The summed E-state index contributed by atoms with van der Waals surface area (Å²) in [5.41, 5.74) is 0.616. The van der Waals surface area contributed by atoms with E-state index in [1.165, 1.54) is 0 Å². The topological polar surface area (TPSA) is 92.2 Å². The Morgan fingerprint density at radius 3 is 2.53 bits per heavy atom. The van der Waals surface area contributed by atoms with Crippen LogP contribution in [0.25, 0.3) is 0 Å². The minimum absolute atomic E-state index is 0.0151. The van der Waals surface area contributed by atoms with E-state index in [0.29, 0.717) is 37.9 Å². The molecule has 4 rings (SSSR count). The second-order valence-electron chi connectivity index (χ2n) is 8.22. The summed E-state index contributed by atoms with van der Waals surface area (Å²) < 4.78 is 12.3. The minimum Gasteiger partial charge on any atom is -0.379 e. The lowest BCUT2D eigenvalue weighted by Crippen LogP contribution is -2.47. The van der Waals surface area contributed by atoms with Crippen LogP contribution in [0.4, 0.5) is 10.5 Å². The van der Waals surface area contributed by atoms with Crippen LogP contribution in [-0.4, -0.2) is 109 Å². The van der Waals surface area contributed by atoms with Gasteiger partial charge in [0.05, 0.1) is 38.3 Å². The minimum atomic E-state index is -0.0965. The smallest absolute Gasteiger partial charge is 0.321 e. The molecule has 3 aliphatic heterocycles. The Balaban J connectivity index is 1.24. The molecule has 0 bridgehead atoms. The van der Waals surface area contributed by atoms with Gasteiger partial charge in [-0.2, -0.15) is 5.10 Å². The van der Waals surface area contributed by atoms with Crippen LogP contribution in [0.3, 0.4) is 0 Å². The van der Waals surface area contributed by atoms with E-state index in [4.69, 9.17) is 9.47 Å². The van der Waals surface area contributed by atoms with E-state index < -0.39 is 0 Å². The number of morpholine rings is 2. The van der Waals surface area contributed by atoms with Crippen LogP contribution >= 0.6 is 0 Å². The van der Waals surface area contributed by atoms with Crippen molar-refractivity contribution in [2.24, 2.45) is 5.92 Å². The summed E-state index contributed by atoms with van der Waals surface area (Å²) >= 11 is 0. The normalized spacial score (nSPS) is 23.4. The number of rotatable bonds is 5. The Kier molecular flexibility index (Phi) is 7.19. The van der Waals surface area contributed by atoms with Crippen LogP contribution in [0.5, 0.6) is 0 Å². The van der Waals surface area contributed by atoms with Gasteiger partial charge in [-0.15, -0.1) is 0 Å². The van der Waals surface area contributed by atoms with Gasteiger partial charge in [0.25, 0.3) is 0 Å². The molecule has 10 nitrogen and oxygen atoms in total. The van der Waals surface area contributed by atoms with Gasteiger partial charge < -0.3 is 24.6 Å². The first-order valence-corrected chi connectivity index (χ1v) is 10.9. The molecule has 1 N–H and O–H groups in total. The predicted molar refractivity (Wildman–Crippen MR) is 110 cm³/mol. The van der Waals surface area contributed by atoms with Crippen LogP contribution in [0.1, 0.15) is 12.8 Å². The molecule has 0 aliphatic carbocycles. The van der Waals surface area contributed by atoms with Crippen molar-refractivity contribution in [3.8, 4) is 0 Å². The average molecular weight is 421 g/mol. The summed E-state index contributed by atoms with van der Waals surface area (Å²) in [5.74, 6) is 0.512. The summed E-state index contributed by atoms with van der Waals surface area (Å²) in [5, 5.41) is 7.16. The molecule has 1 aromatic rings. The predicted octanol–water partition coefficient (Wildman–Crippen LogP) is 0.318. The molecule has 3 aliphatic rings. The number of urea groups is 1. The van der Waals surface area contributed by atoms with Gasteiger partial charge >= 0.3 is 6.03 Å². The van der Waals surface area contributed by atoms with Crippen molar-refractivity contribution in [2.45, 2.75) is 19.4 Å². The largest absolute Gasteiger partial charge is 0.379 e. The molecule has 0 radical (unpaired) electrons. The van der Waals surface area contributed by atoms with Gasteiger partial charge in [0.1, 0.15) is 6.54 Å². The zero-order valence-electron chi connectivity index (χ0n) is 17.5. The first-order chi connectivity index (χ1) is 14.7. The van der Waals surface area contributed by atoms with Crippen molar-refractivity contribution in [3.63, 3.8) is 0 Å². The van der Waals surface area contributed by atoms with Gasteiger partial charge in [-0.3, -0.25) is 14.4 Å². The first-order valence-electron chi connectivity index (χ1n) is 10.9. The van der Waals surface area contributed by atoms with Gasteiger partial charge in [0, 0.05) is 52.0 Å². The van der Waals surface area contributed by atoms with Crippen LogP contribution in [0, 0.1) is 5.92 Å². The van der Waals surface area contributed by atoms with Gasteiger partial charge in [0.2, 0.25) is 5.91 Å². The molecule has 0 aromatic carbocycles. The SMILES string of the molecule is O=C(Cn1cc(NC(=O)N2CCC[C@@H](CN3CCOCC3)C2)cn1)N1CCOCC1. The molecule has 4 heterocycles. The molecule has 0 saturated carbocycles. The van der Waals surface area contributed by atoms with Gasteiger partial charge in [-0.25, -0.2) is 4.79 Å². The number of anilines is 1. The zero-order valence-corrected chi connectivity index (χ0v) is 17.5. The summed E-state index contributed by atoms with van der Waals surface area (Å²) in [6.45, 7) is 8.68. The molecule has 30 heavy (non-hydrogen) atoms. The molecule has 1 aromatic heterocycles. The van der Waals surface area contributed by atoms with E-state index in [1.807, 2.05) is 4.90 Å². The standard InChI is InChI=1S/C20H32N6O4/c27-19(24-6-10-30-11-7-24)16-26-15-18(12-21-26)22-20(28)25-3-1-2-17(14-25)13-23-4-8-29-9-5-23/h12,15,17H,1-11,13-14,16H2,(H,22,28)/t17-/m0/s1. The van der Waals surface area contributed by atoms with Crippen LogP contribution < -0.4 is 5.32 Å². The highest BCUT2D eigenvalue weighted by molar-refractivity contribution is 5.89. The Morgan fingerprint density at radius 1 is 1.03 bits per heavy atom. The number of hydrogen-bond acceptors (Lipinski definition) is 6. The fourth-order valence-corrected chi connectivity index (χ4v) is 4.32. The molecule has 1 atom stereocenters. The molecule has 10 heteroatoms. The summed E-state index contributed by atoms with van der Waals surface area (Å²) in [7, 11) is 0. The van der Waals surface area contributed by atoms with E-state index in [9.17, 15) is 9.59 Å². The maximum absolute atomic E-state index is 12.7. The number of hydrogen-bond donors (Lipinski definition) is 1. The maximum Gasteiger partial charge on any atom is 0.321 e. The average Bonchev–Trinajstić information content (AvgIpc) is 3.22. The van der Waals surface area contributed by atoms with Gasteiger partial charge in [-0.05, 0) is 18.8 Å². The van der Waals surface area contributed by atoms with Crippen molar-refractivity contribution in [1.29, 1.82) is 0 Å². The van der Waals surface area contributed by atoms with Gasteiger partial charge in [0.15, 0.2) is 0 Å². The van der Waals surface area contributed by atoms with E-state index in [0.717, 1.165) is 58.8 Å². The summed E-state index contributed by atoms with van der Waals surface area (Å²) in [6, 6.07) is -0.0965. The summed E-state index contributed by atoms with van der Waals surface area (Å²) in [4.78, 5) is 31.2. The van der Waals surface area contributed by atoms with E-state index >= 15 is 0 Å². The number of carbonyl (C=O) groups is 2. The van der Waals surface area contributed by atoms with Crippen molar-refractivity contribution >= 4 is 17.6 Å². The fourth-order valence-electron chi connectivity index (χ4n) is 4.32. The van der Waals surface area contributed by atoms with E-state index in [-0.39, 0.29) is 18.5 Å². The molecule has 3 fully saturated rings. The lowest BCUT2D eigenvalue weighted by Gasteiger charge is -2.36. The van der Waals surface area contributed by atoms with E-state index in [2.05, 4.69) is 15.3 Å². The van der Waals surface area contributed by atoms with Crippen LogP contribution in [0.15, 0.2) is 12.4 Å². The highest BCUT2D eigenvalue weighted by atomic mass is 16.5. The molecule has 166 valence electrons. The van der Waals surface area contributed by atoms with Crippen molar-refractivity contribution in [1.82, 2.24) is 24.5 Å². The van der Waals surface area contributed by atoms with Crippen molar-refractivity contribution < 1.29 is 19.1 Å². The molecule has 3 saturated heterocycles. The number of nitrogens with zero attached hydrogens (tertiary/aromatic N) is 5. The number of piperidine rings is 1. The quantitative estimate of drug-likeness (QED) is 0.738. The molecule has 0 spiro atoms. The van der Waals surface area contributed by atoms with Gasteiger partial charge in [-0.1, -0.05) is 0 Å². The number of likely N-dealkylation sites (tertiary alicyclic amines) is 1. The number of ether oxygens (including phenoxy) is 2. The summed E-state index contributed by atoms with van der Waals surface area (Å²) in [6.07, 6.45) is 5.49. The second kappa shape index (κ2) is 10.2. The second-order valence-corrected chi connectivity index (χ2v) is 8.22. The van der Waals surface area contributed by atoms with E-state index in [1.54, 1.807) is 22.0 Å². The number of carbonyl (C=O) groups excluding carboxylic acids is 2. The van der Waals surface area contributed by atoms with Crippen LogP contribution in [-0.2, 0) is 20.8 Å². The Hall–Kier alpha value is -2.17. The number of amides is 3. The highest BCUT2D eigenvalue weighted by Crippen LogP contribution is 2.19. The third-order valence-corrected chi connectivity index (χ3v) is 5.97. The third-order valence-electron chi connectivity index (χ3n) is 5.97. The zero-order chi connectivity index (χ0) is 20.8. The maximum atomic E-state index is 12.7. The molecule has 0 unspecified atom stereocenters. The Morgan fingerprint density at radius 2 is 1.77 bits per heavy atom. The third kappa shape index (κ3) is 5.71. The lowest BCUT2D eigenvalue weighted by molar-refractivity contribution is -0.136. The molecule has 3 amide bonds. The monoisotopic (exact) mass is 420 g/mol. The first kappa shape index (κ1) is 21.1. The molecular formula is C20H32N6O4. The lowest BCUT2D eigenvalue weighted by atomic mass is 9.97. The Bertz CT molecular complexity index is 714. The Labute approximate surface area is 177 Å². The molecular weight excluding hydrogens is 388 g/mol. The van der Waals surface area contributed by atoms with Crippen LogP contribution in [0.2, 0.25) is 0 Å². The fraction of sp³-hybridized carbons (Fsp3) is 0.750. The highest BCUT2D eigenvalue weighted by Gasteiger charge is 2.26. The number of aromatic nitrogens is 2.